The van der Waals surface area contributed by atoms with Crippen molar-refractivity contribution in [2.75, 3.05) is 0 Å². The fourth-order valence-electron chi connectivity index (χ4n) is 1.44. The van der Waals surface area contributed by atoms with Gasteiger partial charge in [0.25, 0.3) is 0 Å². The van der Waals surface area contributed by atoms with Gasteiger partial charge in [0.2, 0.25) is 0 Å². The first-order chi connectivity index (χ1) is 7.56. The van der Waals surface area contributed by atoms with Gasteiger partial charge in [-0.3, -0.25) is 0 Å². The molecule has 1 atom stereocenters. The second-order valence-corrected chi connectivity index (χ2v) is 4.20. The van der Waals surface area contributed by atoms with Crippen LogP contribution in [0.1, 0.15) is 24.5 Å². The van der Waals surface area contributed by atoms with E-state index >= 15 is 0 Å². The van der Waals surface area contributed by atoms with E-state index in [2.05, 4.69) is 15.9 Å². The molecule has 1 N–H and O–H groups in total. The van der Waals surface area contributed by atoms with Gasteiger partial charge in [0.1, 0.15) is 5.75 Å². The Hall–Kier alpha value is -1.03. The molecule has 1 aromatic carbocycles. The van der Waals surface area contributed by atoms with Gasteiger partial charge in [0.15, 0.2) is 6.10 Å². The highest BCUT2D eigenvalue weighted by Crippen LogP contribution is 2.20. The Bertz CT molecular complexity index is 377. The first-order valence-corrected chi connectivity index (χ1v) is 6.25. The minimum atomic E-state index is -0.926. The Labute approximate surface area is 104 Å². The zero-order chi connectivity index (χ0) is 12.1. The van der Waals surface area contributed by atoms with E-state index in [1.165, 1.54) is 0 Å². The molecule has 0 bridgehead atoms. The quantitative estimate of drug-likeness (QED) is 0.846. The number of aliphatic carboxylic acids is 1. The lowest BCUT2D eigenvalue weighted by Gasteiger charge is -2.14. The SMILES string of the molecule is CCC(Oc1cc(C)cc(CBr)c1)C(=O)O. The molecular formula is C12H15BrO3. The molecule has 88 valence electrons. The first-order valence-electron chi connectivity index (χ1n) is 5.12. The minimum absolute atomic E-state index is 0.451. The summed E-state index contributed by atoms with van der Waals surface area (Å²) in [6.07, 6.45) is -0.322. The molecule has 0 saturated heterocycles. The van der Waals surface area contributed by atoms with Crippen molar-refractivity contribution in [1.29, 1.82) is 0 Å². The summed E-state index contributed by atoms with van der Waals surface area (Å²) >= 11 is 3.37. The van der Waals surface area contributed by atoms with E-state index in [0.717, 1.165) is 16.5 Å². The van der Waals surface area contributed by atoms with Crippen LogP contribution < -0.4 is 4.74 Å². The van der Waals surface area contributed by atoms with E-state index in [-0.39, 0.29) is 0 Å². The van der Waals surface area contributed by atoms with Crippen LogP contribution in [-0.2, 0) is 10.1 Å². The normalized spacial score (nSPS) is 12.2. The smallest absolute Gasteiger partial charge is 0.344 e. The lowest BCUT2D eigenvalue weighted by atomic mass is 10.1. The molecule has 16 heavy (non-hydrogen) atoms. The van der Waals surface area contributed by atoms with Crippen LogP contribution in [-0.4, -0.2) is 17.2 Å². The Morgan fingerprint density at radius 3 is 2.69 bits per heavy atom. The van der Waals surface area contributed by atoms with Gasteiger partial charge in [0.05, 0.1) is 0 Å². The number of hydrogen-bond acceptors (Lipinski definition) is 2. The third kappa shape index (κ3) is 3.52. The van der Waals surface area contributed by atoms with Crippen molar-refractivity contribution >= 4 is 21.9 Å². The highest BCUT2D eigenvalue weighted by Gasteiger charge is 2.16. The van der Waals surface area contributed by atoms with Crippen LogP contribution in [0.25, 0.3) is 0 Å². The number of ether oxygens (including phenoxy) is 1. The summed E-state index contributed by atoms with van der Waals surface area (Å²) < 4.78 is 5.43. The molecule has 0 aromatic heterocycles. The lowest BCUT2D eigenvalue weighted by Crippen LogP contribution is -2.25. The van der Waals surface area contributed by atoms with E-state index in [1.807, 2.05) is 25.1 Å². The van der Waals surface area contributed by atoms with Crippen molar-refractivity contribution in [3.63, 3.8) is 0 Å². The third-order valence-electron chi connectivity index (χ3n) is 2.19. The number of benzene rings is 1. The average molecular weight is 287 g/mol. The van der Waals surface area contributed by atoms with Gasteiger partial charge >= 0.3 is 5.97 Å². The number of hydrogen-bond donors (Lipinski definition) is 1. The second kappa shape index (κ2) is 5.89. The third-order valence-corrected chi connectivity index (χ3v) is 2.84. The number of alkyl halides is 1. The fraction of sp³-hybridized carbons (Fsp3) is 0.417. The Balaban J connectivity index is 2.87. The van der Waals surface area contributed by atoms with E-state index in [1.54, 1.807) is 6.92 Å². The summed E-state index contributed by atoms with van der Waals surface area (Å²) in [5.41, 5.74) is 2.14. The summed E-state index contributed by atoms with van der Waals surface area (Å²) in [5.74, 6) is -0.312. The summed E-state index contributed by atoms with van der Waals surface area (Å²) in [5, 5.41) is 9.63. The maximum absolute atomic E-state index is 10.8. The van der Waals surface area contributed by atoms with E-state index < -0.39 is 12.1 Å². The van der Waals surface area contributed by atoms with Crippen molar-refractivity contribution in [3.05, 3.63) is 29.3 Å². The van der Waals surface area contributed by atoms with Gasteiger partial charge in [-0.25, -0.2) is 4.79 Å². The highest BCUT2D eigenvalue weighted by molar-refractivity contribution is 9.08. The first kappa shape index (κ1) is 13.0. The standard InChI is InChI=1S/C12H15BrO3/c1-3-11(12(14)15)16-10-5-8(2)4-9(6-10)7-13/h4-6,11H,3,7H2,1-2H3,(H,14,15). The van der Waals surface area contributed by atoms with Crippen molar-refractivity contribution < 1.29 is 14.6 Å². The van der Waals surface area contributed by atoms with Crippen molar-refractivity contribution in [2.24, 2.45) is 0 Å². The van der Waals surface area contributed by atoms with Gasteiger partial charge < -0.3 is 9.84 Å². The predicted octanol–water partition coefficient (Wildman–Crippen LogP) is 3.13. The van der Waals surface area contributed by atoms with Gasteiger partial charge in [-0.1, -0.05) is 28.9 Å². The highest BCUT2D eigenvalue weighted by atomic mass is 79.9. The van der Waals surface area contributed by atoms with Crippen molar-refractivity contribution in [2.45, 2.75) is 31.7 Å². The molecule has 4 heteroatoms. The molecule has 1 aromatic rings. The monoisotopic (exact) mass is 286 g/mol. The number of rotatable bonds is 5. The molecule has 1 rings (SSSR count). The van der Waals surface area contributed by atoms with E-state index in [0.29, 0.717) is 12.2 Å². The van der Waals surface area contributed by atoms with Crippen LogP contribution >= 0.6 is 15.9 Å². The molecule has 0 saturated carbocycles. The zero-order valence-corrected chi connectivity index (χ0v) is 11.0. The number of carboxylic acid groups (broad SMARTS) is 1. The zero-order valence-electron chi connectivity index (χ0n) is 9.37. The Morgan fingerprint density at radius 2 is 2.19 bits per heavy atom. The Kier molecular flexibility index (Phi) is 4.80. The molecule has 0 spiro atoms. The molecular weight excluding hydrogens is 272 g/mol. The summed E-state index contributed by atoms with van der Waals surface area (Å²) in [7, 11) is 0. The van der Waals surface area contributed by atoms with Gasteiger partial charge in [-0.2, -0.15) is 0 Å². The van der Waals surface area contributed by atoms with Crippen LogP contribution in [0.4, 0.5) is 0 Å². The number of carbonyl (C=O) groups is 1. The van der Waals surface area contributed by atoms with Crippen LogP contribution in [0.2, 0.25) is 0 Å². The summed E-state index contributed by atoms with van der Waals surface area (Å²) in [6.45, 7) is 3.75. The molecule has 0 fully saturated rings. The molecule has 3 nitrogen and oxygen atoms in total. The van der Waals surface area contributed by atoms with Gasteiger partial charge in [0, 0.05) is 5.33 Å². The van der Waals surface area contributed by atoms with Crippen LogP contribution in [0.15, 0.2) is 18.2 Å². The maximum Gasteiger partial charge on any atom is 0.344 e. The van der Waals surface area contributed by atoms with E-state index in [9.17, 15) is 4.79 Å². The molecule has 0 radical (unpaired) electrons. The van der Waals surface area contributed by atoms with Crippen LogP contribution in [0.5, 0.6) is 5.75 Å². The number of carboxylic acids is 1. The molecule has 0 aliphatic carbocycles. The largest absolute Gasteiger partial charge is 0.479 e. The van der Waals surface area contributed by atoms with Crippen LogP contribution in [0.3, 0.4) is 0 Å². The second-order valence-electron chi connectivity index (χ2n) is 3.64. The van der Waals surface area contributed by atoms with Crippen LogP contribution in [0, 0.1) is 6.92 Å². The summed E-state index contributed by atoms with van der Waals surface area (Å²) in [6, 6.07) is 5.73. The Morgan fingerprint density at radius 1 is 1.50 bits per heavy atom. The molecule has 0 aliphatic rings. The van der Waals surface area contributed by atoms with Gasteiger partial charge in [-0.05, 0) is 36.6 Å². The number of aryl methyl sites for hydroxylation is 1. The molecule has 0 heterocycles. The van der Waals surface area contributed by atoms with Gasteiger partial charge in [-0.15, -0.1) is 0 Å². The molecule has 1 unspecified atom stereocenters. The minimum Gasteiger partial charge on any atom is -0.479 e. The topological polar surface area (TPSA) is 46.5 Å². The van der Waals surface area contributed by atoms with Crippen molar-refractivity contribution in [3.8, 4) is 5.75 Å². The predicted molar refractivity (Wildman–Crippen MR) is 66.2 cm³/mol. The average Bonchev–Trinajstić information content (AvgIpc) is 2.24. The lowest BCUT2D eigenvalue weighted by molar-refractivity contribution is -0.145. The maximum atomic E-state index is 10.8. The number of halogens is 1. The molecule has 0 aliphatic heterocycles. The molecule has 0 amide bonds. The fourth-order valence-corrected chi connectivity index (χ4v) is 1.77. The summed E-state index contributed by atoms with van der Waals surface area (Å²) in [4.78, 5) is 10.8. The van der Waals surface area contributed by atoms with Crippen molar-refractivity contribution in [1.82, 2.24) is 0 Å². The van der Waals surface area contributed by atoms with E-state index in [4.69, 9.17) is 9.84 Å².